The van der Waals surface area contributed by atoms with E-state index in [4.69, 9.17) is 26.2 Å². The van der Waals surface area contributed by atoms with Gasteiger partial charge in [-0.15, -0.1) is 0 Å². The standard InChI is InChI=1S/C19H16Br2N8O2/c1-3-4-31-16-10(30-2)5-8(12(20)13(16)21)15-11-14(24)9(6-22)17(25)28-18(11)29-19(27-15)26-7-23/h3,5,15H,1,4H2,2H3,(H6,24,25,26,27,28,29). The second kappa shape index (κ2) is 9.12. The SMILES string of the molecule is C=CCOc1c(OC)cc(C2N=C(NC#N)Nc3nc(N)c(C#N)c(N)c32)c(Br)c1Br. The highest BCUT2D eigenvalue weighted by Crippen LogP contribution is 2.49. The number of hydrogen-bond donors (Lipinski definition) is 4. The van der Waals surface area contributed by atoms with Gasteiger partial charge in [-0.3, -0.25) is 5.32 Å². The molecule has 1 atom stereocenters. The van der Waals surface area contributed by atoms with E-state index in [9.17, 15) is 5.26 Å². The molecule has 0 amide bonds. The average molecular weight is 548 g/mol. The van der Waals surface area contributed by atoms with Gasteiger partial charge in [0.25, 0.3) is 0 Å². The van der Waals surface area contributed by atoms with Crippen LogP contribution in [-0.2, 0) is 0 Å². The Kier molecular flexibility index (Phi) is 6.53. The fourth-order valence-corrected chi connectivity index (χ4v) is 4.09. The molecule has 31 heavy (non-hydrogen) atoms. The smallest absolute Gasteiger partial charge is 0.211 e. The van der Waals surface area contributed by atoms with Gasteiger partial charge in [-0.2, -0.15) is 10.5 Å². The van der Waals surface area contributed by atoms with E-state index in [0.29, 0.717) is 31.6 Å². The maximum atomic E-state index is 9.47. The maximum Gasteiger partial charge on any atom is 0.211 e. The number of halogens is 2. The summed E-state index contributed by atoms with van der Waals surface area (Å²) < 4.78 is 12.4. The number of anilines is 3. The number of nitrogens with one attached hydrogen (secondary N) is 2. The Hall–Kier alpha value is -3.48. The van der Waals surface area contributed by atoms with Crippen LogP contribution >= 0.6 is 31.9 Å². The number of benzene rings is 1. The number of aromatic nitrogens is 1. The first-order chi connectivity index (χ1) is 14.9. The van der Waals surface area contributed by atoms with Crippen molar-refractivity contribution in [1.82, 2.24) is 10.3 Å². The van der Waals surface area contributed by atoms with Crippen molar-refractivity contribution in [2.24, 2.45) is 4.99 Å². The Bertz CT molecular complexity index is 1180. The van der Waals surface area contributed by atoms with Gasteiger partial charge < -0.3 is 26.3 Å². The van der Waals surface area contributed by atoms with Gasteiger partial charge in [0, 0.05) is 15.6 Å². The predicted molar refractivity (Wildman–Crippen MR) is 124 cm³/mol. The highest BCUT2D eigenvalue weighted by molar-refractivity contribution is 9.13. The van der Waals surface area contributed by atoms with Crippen molar-refractivity contribution >= 4 is 55.1 Å². The molecule has 0 saturated carbocycles. The van der Waals surface area contributed by atoms with Gasteiger partial charge in [-0.05, 0) is 37.9 Å². The van der Waals surface area contributed by atoms with Crippen LogP contribution in [0.25, 0.3) is 0 Å². The number of nitriles is 2. The van der Waals surface area contributed by atoms with Crippen molar-refractivity contribution in [3.63, 3.8) is 0 Å². The predicted octanol–water partition coefficient (Wildman–Crippen LogP) is 3.16. The summed E-state index contributed by atoms with van der Waals surface area (Å²) in [6.45, 7) is 3.92. The van der Waals surface area contributed by atoms with E-state index in [1.807, 2.05) is 12.3 Å². The average Bonchev–Trinajstić information content (AvgIpc) is 2.74. The van der Waals surface area contributed by atoms with Crippen LogP contribution in [-0.4, -0.2) is 24.7 Å². The summed E-state index contributed by atoms with van der Waals surface area (Å²) in [5.41, 5.74) is 13.4. The van der Waals surface area contributed by atoms with Crippen LogP contribution in [0.5, 0.6) is 11.5 Å². The number of guanidine groups is 1. The van der Waals surface area contributed by atoms with Crippen molar-refractivity contribution in [2.75, 3.05) is 30.5 Å². The molecule has 1 aliphatic rings. The lowest BCUT2D eigenvalue weighted by Gasteiger charge is -2.27. The van der Waals surface area contributed by atoms with Crippen molar-refractivity contribution in [3.8, 4) is 23.8 Å². The van der Waals surface area contributed by atoms with E-state index in [1.165, 1.54) is 7.11 Å². The number of aliphatic imine (C=N–C) groups is 1. The molecule has 0 saturated heterocycles. The van der Waals surface area contributed by atoms with Gasteiger partial charge >= 0.3 is 0 Å². The Balaban J connectivity index is 2.30. The quantitative estimate of drug-likeness (QED) is 0.249. The van der Waals surface area contributed by atoms with Gasteiger partial charge in [-0.1, -0.05) is 12.7 Å². The molecular weight excluding hydrogens is 532 g/mol. The first-order valence-corrected chi connectivity index (χ1v) is 10.2. The monoisotopic (exact) mass is 546 g/mol. The zero-order valence-electron chi connectivity index (χ0n) is 16.2. The summed E-state index contributed by atoms with van der Waals surface area (Å²) in [4.78, 5) is 8.80. The largest absolute Gasteiger partial charge is 0.493 e. The number of rotatable bonds is 5. The number of nitrogens with two attached hydrogens (primary N) is 2. The molecule has 1 aliphatic heterocycles. The fourth-order valence-electron chi connectivity index (χ4n) is 3.04. The molecule has 1 unspecified atom stereocenters. The van der Waals surface area contributed by atoms with E-state index in [1.54, 1.807) is 12.1 Å². The number of nitrogen functional groups attached to an aromatic ring is 2. The zero-order chi connectivity index (χ0) is 22.7. The van der Waals surface area contributed by atoms with Crippen molar-refractivity contribution in [3.05, 3.63) is 44.4 Å². The summed E-state index contributed by atoms with van der Waals surface area (Å²) in [6.07, 6.45) is 3.42. The normalized spacial score (nSPS) is 14.2. The van der Waals surface area contributed by atoms with Gasteiger partial charge in [0.15, 0.2) is 17.7 Å². The molecule has 0 radical (unpaired) electrons. The lowest BCUT2D eigenvalue weighted by molar-refractivity contribution is 0.323. The molecule has 3 rings (SSSR count). The minimum atomic E-state index is -0.750. The summed E-state index contributed by atoms with van der Waals surface area (Å²) in [5, 5.41) is 23.9. The zero-order valence-corrected chi connectivity index (χ0v) is 19.3. The third kappa shape index (κ3) is 3.95. The Labute approximate surface area is 194 Å². The molecule has 2 heterocycles. The third-order valence-corrected chi connectivity index (χ3v) is 6.52. The Morgan fingerprint density at radius 3 is 2.71 bits per heavy atom. The second-order valence-corrected chi connectivity index (χ2v) is 7.71. The lowest BCUT2D eigenvalue weighted by Crippen LogP contribution is -2.33. The topological polar surface area (TPSA) is 167 Å². The minimum Gasteiger partial charge on any atom is -0.493 e. The summed E-state index contributed by atoms with van der Waals surface area (Å²) in [6, 6.07) is 2.95. The number of hydrogen-bond acceptors (Lipinski definition) is 10. The van der Waals surface area contributed by atoms with Crippen LogP contribution < -0.4 is 31.6 Å². The van der Waals surface area contributed by atoms with Crippen molar-refractivity contribution in [2.45, 2.75) is 6.04 Å². The molecule has 2 aromatic rings. The Morgan fingerprint density at radius 1 is 1.35 bits per heavy atom. The van der Waals surface area contributed by atoms with E-state index in [2.05, 4.69) is 59.0 Å². The van der Waals surface area contributed by atoms with Gasteiger partial charge in [0.2, 0.25) is 5.96 Å². The first kappa shape index (κ1) is 22.2. The van der Waals surface area contributed by atoms with Crippen LogP contribution in [0.1, 0.15) is 22.7 Å². The van der Waals surface area contributed by atoms with Crippen LogP contribution in [0.3, 0.4) is 0 Å². The van der Waals surface area contributed by atoms with E-state index >= 15 is 0 Å². The van der Waals surface area contributed by atoms with Crippen LogP contribution in [0, 0.1) is 22.8 Å². The molecule has 0 aliphatic carbocycles. The van der Waals surface area contributed by atoms with E-state index in [-0.39, 0.29) is 35.5 Å². The molecule has 0 bridgehead atoms. The third-order valence-electron chi connectivity index (χ3n) is 4.37. The van der Waals surface area contributed by atoms with Gasteiger partial charge in [0.1, 0.15) is 35.9 Å². The molecule has 12 heteroatoms. The van der Waals surface area contributed by atoms with Crippen molar-refractivity contribution < 1.29 is 9.47 Å². The molecule has 0 spiro atoms. The van der Waals surface area contributed by atoms with Crippen LogP contribution in [0.4, 0.5) is 17.3 Å². The maximum absolute atomic E-state index is 9.47. The van der Waals surface area contributed by atoms with Crippen LogP contribution in [0.15, 0.2) is 32.7 Å². The van der Waals surface area contributed by atoms with Gasteiger partial charge in [0.05, 0.1) is 17.3 Å². The van der Waals surface area contributed by atoms with E-state index < -0.39 is 6.04 Å². The minimum absolute atomic E-state index is 0.0331. The van der Waals surface area contributed by atoms with Gasteiger partial charge in [-0.25, -0.2) is 9.98 Å². The lowest BCUT2D eigenvalue weighted by atomic mass is 9.95. The van der Waals surface area contributed by atoms with Crippen molar-refractivity contribution in [1.29, 1.82) is 10.5 Å². The molecule has 1 aromatic carbocycles. The summed E-state index contributed by atoms with van der Waals surface area (Å²) in [5.74, 6) is 1.28. The number of nitrogens with zero attached hydrogens (tertiary/aromatic N) is 4. The number of pyridine rings is 1. The highest BCUT2D eigenvalue weighted by atomic mass is 79.9. The Morgan fingerprint density at radius 2 is 2.10 bits per heavy atom. The molecule has 1 aromatic heterocycles. The number of fused-ring (bicyclic) bond motifs is 1. The number of ether oxygens (including phenoxy) is 2. The number of methoxy groups -OCH3 is 1. The van der Waals surface area contributed by atoms with Crippen LogP contribution in [0.2, 0.25) is 0 Å². The molecule has 158 valence electrons. The molecular formula is C19H16Br2N8O2. The van der Waals surface area contributed by atoms with E-state index in [0.717, 1.165) is 0 Å². The first-order valence-electron chi connectivity index (χ1n) is 8.66. The molecule has 0 fully saturated rings. The summed E-state index contributed by atoms with van der Waals surface area (Å²) in [7, 11) is 1.51. The highest BCUT2D eigenvalue weighted by Gasteiger charge is 2.32. The second-order valence-electron chi connectivity index (χ2n) is 6.13. The summed E-state index contributed by atoms with van der Waals surface area (Å²) >= 11 is 7.10. The fraction of sp³-hybridized carbons (Fsp3) is 0.158. The molecule has 10 nitrogen and oxygen atoms in total. The molecule has 6 N–H and O–H groups in total.